The Morgan fingerprint density at radius 3 is 3.00 bits per heavy atom. The number of hydrogen-bond donors (Lipinski definition) is 1. The fourth-order valence-electron chi connectivity index (χ4n) is 2.10. The third-order valence-corrected chi connectivity index (χ3v) is 3.53. The minimum Gasteiger partial charge on any atom is -0.474 e. The molecule has 1 aliphatic heterocycles. The lowest BCUT2D eigenvalue weighted by Crippen LogP contribution is -2.26. The second-order valence-electron chi connectivity index (χ2n) is 5.47. The predicted molar refractivity (Wildman–Crippen MR) is 80.3 cm³/mol. The molecule has 20 heavy (non-hydrogen) atoms. The number of hydrogen-bond acceptors (Lipinski definition) is 4. The quantitative estimate of drug-likeness (QED) is 0.876. The van der Waals surface area contributed by atoms with E-state index in [-0.39, 0.29) is 6.10 Å². The highest BCUT2D eigenvalue weighted by atomic mass is 35.5. The molecule has 0 bridgehead atoms. The van der Waals surface area contributed by atoms with Crippen molar-refractivity contribution in [1.29, 1.82) is 0 Å². The second-order valence-corrected chi connectivity index (χ2v) is 5.87. The van der Waals surface area contributed by atoms with E-state index < -0.39 is 0 Å². The van der Waals surface area contributed by atoms with Crippen LogP contribution in [0, 0.1) is 0 Å². The van der Waals surface area contributed by atoms with E-state index in [4.69, 9.17) is 21.1 Å². The largest absolute Gasteiger partial charge is 0.474 e. The van der Waals surface area contributed by atoms with Crippen LogP contribution in [0.25, 0.3) is 0 Å². The average Bonchev–Trinajstić information content (AvgIpc) is 2.45. The maximum atomic E-state index is 6.21. The van der Waals surface area contributed by atoms with Crippen LogP contribution in [-0.4, -0.2) is 30.3 Å². The van der Waals surface area contributed by atoms with E-state index in [9.17, 15) is 0 Å². The molecular formula is C15H23ClN2O2. The molecule has 5 heteroatoms. The van der Waals surface area contributed by atoms with E-state index in [2.05, 4.69) is 24.1 Å². The second kappa shape index (κ2) is 7.81. The lowest BCUT2D eigenvalue weighted by molar-refractivity contribution is -0.0119. The van der Waals surface area contributed by atoms with Crippen molar-refractivity contribution in [2.24, 2.45) is 0 Å². The molecular weight excluding hydrogens is 276 g/mol. The van der Waals surface area contributed by atoms with Gasteiger partial charge in [-0.25, -0.2) is 4.98 Å². The van der Waals surface area contributed by atoms with Crippen molar-refractivity contribution in [2.45, 2.75) is 51.8 Å². The molecule has 112 valence electrons. The Kier molecular flexibility index (Phi) is 6.07. The van der Waals surface area contributed by atoms with Gasteiger partial charge in [-0.15, -0.1) is 0 Å². The Labute approximate surface area is 125 Å². The fraction of sp³-hybridized carbons (Fsp3) is 0.667. The Morgan fingerprint density at radius 1 is 1.50 bits per heavy atom. The third kappa shape index (κ3) is 4.93. The zero-order valence-corrected chi connectivity index (χ0v) is 12.9. The van der Waals surface area contributed by atoms with Gasteiger partial charge in [-0.2, -0.15) is 0 Å². The van der Waals surface area contributed by atoms with E-state index in [1.54, 1.807) is 6.20 Å². The van der Waals surface area contributed by atoms with Crippen LogP contribution in [0.1, 0.15) is 38.7 Å². The molecule has 1 aliphatic rings. The highest BCUT2D eigenvalue weighted by Gasteiger charge is 2.15. The summed E-state index contributed by atoms with van der Waals surface area (Å²) in [5.41, 5.74) is 1.06. The molecule has 0 aliphatic carbocycles. The van der Waals surface area contributed by atoms with Gasteiger partial charge in [0.15, 0.2) is 0 Å². The monoisotopic (exact) mass is 298 g/mol. The Hall–Kier alpha value is -0.840. The summed E-state index contributed by atoms with van der Waals surface area (Å²) < 4.78 is 11.3. The van der Waals surface area contributed by atoms with E-state index in [0.717, 1.165) is 31.6 Å². The van der Waals surface area contributed by atoms with E-state index in [1.165, 1.54) is 6.42 Å². The number of pyridine rings is 1. The van der Waals surface area contributed by atoms with Crippen LogP contribution in [0.5, 0.6) is 5.88 Å². The first kappa shape index (κ1) is 15.5. The molecule has 1 atom stereocenters. The standard InChI is InChI=1S/C15H23ClN2O2/c1-11(2)17-8-12-7-14(16)15(18-9-12)20-10-13-5-3-4-6-19-13/h7,9,11,13,17H,3-6,8,10H2,1-2H3. The molecule has 4 nitrogen and oxygen atoms in total. The van der Waals surface area contributed by atoms with Crippen molar-refractivity contribution in [3.8, 4) is 5.88 Å². The average molecular weight is 299 g/mol. The van der Waals surface area contributed by atoms with Gasteiger partial charge >= 0.3 is 0 Å². The van der Waals surface area contributed by atoms with Crippen LogP contribution in [0.2, 0.25) is 5.02 Å². The topological polar surface area (TPSA) is 43.4 Å². The fourth-order valence-corrected chi connectivity index (χ4v) is 2.34. The minimum absolute atomic E-state index is 0.170. The van der Waals surface area contributed by atoms with Crippen molar-refractivity contribution in [3.05, 3.63) is 22.8 Å². The molecule has 2 heterocycles. The smallest absolute Gasteiger partial charge is 0.232 e. The summed E-state index contributed by atoms with van der Waals surface area (Å²) in [4.78, 5) is 4.29. The summed E-state index contributed by atoms with van der Waals surface area (Å²) >= 11 is 6.21. The van der Waals surface area contributed by atoms with Crippen LogP contribution in [0.15, 0.2) is 12.3 Å². The molecule has 1 aromatic heterocycles. The normalized spacial score (nSPS) is 19.3. The molecule has 1 fully saturated rings. The van der Waals surface area contributed by atoms with Crippen molar-refractivity contribution >= 4 is 11.6 Å². The Balaban J connectivity index is 1.85. The molecule has 1 N–H and O–H groups in total. The minimum atomic E-state index is 0.170. The van der Waals surface area contributed by atoms with Crippen molar-refractivity contribution in [2.75, 3.05) is 13.2 Å². The summed E-state index contributed by atoms with van der Waals surface area (Å²) in [5, 5.41) is 3.89. The summed E-state index contributed by atoms with van der Waals surface area (Å²) in [6, 6.07) is 2.34. The zero-order valence-electron chi connectivity index (χ0n) is 12.2. The van der Waals surface area contributed by atoms with Gasteiger partial charge < -0.3 is 14.8 Å². The van der Waals surface area contributed by atoms with Crippen molar-refractivity contribution in [3.63, 3.8) is 0 Å². The maximum Gasteiger partial charge on any atom is 0.232 e. The van der Waals surface area contributed by atoms with Crippen LogP contribution >= 0.6 is 11.6 Å². The summed E-state index contributed by atoms with van der Waals surface area (Å²) in [7, 11) is 0. The molecule has 2 rings (SSSR count). The highest BCUT2D eigenvalue weighted by Crippen LogP contribution is 2.23. The first-order valence-corrected chi connectivity index (χ1v) is 7.65. The van der Waals surface area contributed by atoms with Crippen LogP contribution in [0.3, 0.4) is 0 Å². The van der Waals surface area contributed by atoms with Gasteiger partial charge in [0.25, 0.3) is 0 Å². The number of rotatable bonds is 6. The molecule has 0 saturated carbocycles. The molecule has 1 aromatic rings. The Morgan fingerprint density at radius 2 is 2.35 bits per heavy atom. The molecule has 0 aromatic carbocycles. The SMILES string of the molecule is CC(C)NCc1cnc(OCC2CCCCO2)c(Cl)c1. The first-order chi connectivity index (χ1) is 9.65. The van der Waals surface area contributed by atoms with Crippen LogP contribution in [-0.2, 0) is 11.3 Å². The Bertz CT molecular complexity index is 420. The van der Waals surface area contributed by atoms with E-state index in [0.29, 0.717) is 23.6 Å². The van der Waals surface area contributed by atoms with Gasteiger partial charge in [0.05, 0.1) is 6.10 Å². The number of ether oxygens (including phenoxy) is 2. The number of nitrogens with zero attached hydrogens (tertiary/aromatic N) is 1. The van der Waals surface area contributed by atoms with Gasteiger partial charge in [-0.3, -0.25) is 0 Å². The zero-order chi connectivity index (χ0) is 14.4. The van der Waals surface area contributed by atoms with Crippen molar-refractivity contribution < 1.29 is 9.47 Å². The van der Waals surface area contributed by atoms with E-state index in [1.807, 2.05) is 6.07 Å². The number of aromatic nitrogens is 1. The summed E-state index contributed by atoms with van der Waals surface area (Å²) in [5.74, 6) is 0.495. The third-order valence-electron chi connectivity index (χ3n) is 3.26. The van der Waals surface area contributed by atoms with Gasteiger partial charge in [-0.05, 0) is 30.9 Å². The van der Waals surface area contributed by atoms with Gasteiger partial charge in [-0.1, -0.05) is 25.4 Å². The van der Waals surface area contributed by atoms with Crippen LogP contribution in [0.4, 0.5) is 0 Å². The number of halogens is 1. The molecule has 0 spiro atoms. The summed E-state index contributed by atoms with van der Waals surface area (Å²) in [6.07, 6.45) is 5.37. The number of nitrogens with one attached hydrogen (secondary N) is 1. The van der Waals surface area contributed by atoms with Crippen molar-refractivity contribution in [1.82, 2.24) is 10.3 Å². The maximum absolute atomic E-state index is 6.21. The lowest BCUT2D eigenvalue weighted by Gasteiger charge is -2.22. The van der Waals surface area contributed by atoms with Gasteiger partial charge in [0.1, 0.15) is 11.6 Å². The van der Waals surface area contributed by atoms with Gasteiger partial charge in [0, 0.05) is 25.4 Å². The highest BCUT2D eigenvalue weighted by molar-refractivity contribution is 6.31. The lowest BCUT2D eigenvalue weighted by atomic mass is 10.1. The predicted octanol–water partition coefficient (Wildman–Crippen LogP) is 3.18. The summed E-state index contributed by atoms with van der Waals surface area (Å²) in [6.45, 7) is 6.33. The molecule has 0 radical (unpaired) electrons. The van der Waals surface area contributed by atoms with Crippen LogP contribution < -0.4 is 10.1 Å². The first-order valence-electron chi connectivity index (χ1n) is 7.27. The molecule has 1 saturated heterocycles. The van der Waals surface area contributed by atoms with Gasteiger partial charge in [0.2, 0.25) is 5.88 Å². The van der Waals surface area contributed by atoms with E-state index >= 15 is 0 Å². The molecule has 1 unspecified atom stereocenters. The molecule has 0 amide bonds.